The van der Waals surface area contributed by atoms with Gasteiger partial charge in [-0.3, -0.25) is 33.8 Å². The van der Waals surface area contributed by atoms with E-state index in [1.807, 2.05) is 78.9 Å². The molecule has 13 rings (SSSR count). The number of nitrogens with zero attached hydrogens (tertiary/aromatic N) is 2. The fourth-order valence-corrected chi connectivity index (χ4v) is 12.1. The molecule has 0 bridgehead atoms. The van der Waals surface area contributed by atoms with Gasteiger partial charge in [0.2, 0.25) is 0 Å². The van der Waals surface area contributed by atoms with Crippen molar-refractivity contribution in [3.63, 3.8) is 0 Å². The van der Waals surface area contributed by atoms with Gasteiger partial charge in [-0.05, 0) is 110 Å². The Bertz CT molecular complexity index is 3330. The van der Waals surface area contributed by atoms with E-state index >= 15 is 4.79 Å². The first kappa shape index (κ1) is 34.2. The summed E-state index contributed by atoms with van der Waals surface area (Å²) >= 11 is 0. The molecule has 0 spiro atoms. The minimum atomic E-state index is -0.272. The Kier molecular flexibility index (Phi) is 6.93. The molecular formula is C53H38N2O5. The quantitative estimate of drug-likeness (QED) is 0.101. The number of ketones is 1. The molecule has 7 heteroatoms. The van der Waals surface area contributed by atoms with Crippen LogP contribution in [-0.4, -0.2) is 51.3 Å². The summed E-state index contributed by atoms with van der Waals surface area (Å²) < 4.78 is 0. The highest BCUT2D eigenvalue weighted by Gasteiger charge is 2.42. The van der Waals surface area contributed by atoms with Crippen molar-refractivity contribution >= 4 is 83.3 Å². The second-order valence-corrected chi connectivity index (χ2v) is 17.6. The Balaban J connectivity index is 1.16. The number of carbonyl (C=O) groups excluding carboxylic acids is 5. The van der Waals surface area contributed by atoms with E-state index in [0.717, 1.165) is 130 Å². The van der Waals surface area contributed by atoms with Gasteiger partial charge in [0, 0.05) is 61.6 Å². The molecular weight excluding hydrogens is 745 g/mol. The van der Waals surface area contributed by atoms with Crippen LogP contribution in [0.5, 0.6) is 0 Å². The largest absolute Gasteiger partial charge is 0.289 e. The Labute approximate surface area is 344 Å². The Morgan fingerprint density at radius 3 is 1.45 bits per heavy atom. The molecule has 4 amide bonds. The van der Waals surface area contributed by atoms with Crippen molar-refractivity contribution in [2.24, 2.45) is 0 Å². The first-order valence-electron chi connectivity index (χ1n) is 21.6. The lowest BCUT2D eigenvalue weighted by Crippen LogP contribution is -2.47. The zero-order chi connectivity index (χ0) is 40.1. The molecule has 7 nitrogen and oxygen atoms in total. The van der Waals surface area contributed by atoms with Crippen molar-refractivity contribution in [1.82, 2.24) is 9.80 Å². The van der Waals surface area contributed by atoms with Crippen molar-refractivity contribution in [2.45, 2.75) is 76.3 Å². The van der Waals surface area contributed by atoms with Gasteiger partial charge in [-0.1, -0.05) is 111 Å². The van der Waals surface area contributed by atoms with E-state index in [0.29, 0.717) is 44.2 Å². The van der Waals surface area contributed by atoms with Crippen LogP contribution in [-0.2, 0) is 0 Å². The zero-order valence-corrected chi connectivity index (χ0v) is 32.9. The lowest BCUT2D eigenvalue weighted by molar-refractivity contribution is 0.0487. The molecule has 8 aromatic rings. The Hall–Kier alpha value is -6.73. The van der Waals surface area contributed by atoms with Gasteiger partial charge in [0.15, 0.2) is 5.78 Å². The molecule has 8 aromatic carbocycles. The van der Waals surface area contributed by atoms with Crippen molar-refractivity contribution in [3.8, 4) is 22.3 Å². The number of hydrogen-bond donors (Lipinski definition) is 0. The molecule has 2 fully saturated rings. The van der Waals surface area contributed by atoms with Crippen molar-refractivity contribution in [3.05, 3.63) is 130 Å². The lowest BCUT2D eigenvalue weighted by Gasteiger charge is -2.37. The zero-order valence-electron chi connectivity index (χ0n) is 32.9. The van der Waals surface area contributed by atoms with Crippen LogP contribution in [0, 0.1) is 0 Å². The van der Waals surface area contributed by atoms with Gasteiger partial charge in [0.25, 0.3) is 23.6 Å². The predicted octanol–water partition coefficient (Wildman–Crippen LogP) is 11.6. The van der Waals surface area contributed by atoms with Crippen LogP contribution in [0.15, 0.2) is 97.1 Å². The van der Waals surface area contributed by atoms with E-state index in [4.69, 9.17) is 0 Å². The predicted molar refractivity (Wildman–Crippen MR) is 234 cm³/mol. The second kappa shape index (κ2) is 12.2. The molecule has 2 heterocycles. The van der Waals surface area contributed by atoms with E-state index in [1.54, 1.807) is 0 Å². The van der Waals surface area contributed by atoms with E-state index < -0.39 is 0 Å². The van der Waals surface area contributed by atoms with Crippen LogP contribution in [0.2, 0.25) is 0 Å². The van der Waals surface area contributed by atoms with Gasteiger partial charge in [0.05, 0.1) is 0 Å². The summed E-state index contributed by atoms with van der Waals surface area (Å²) in [4.78, 5) is 75.8. The van der Waals surface area contributed by atoms with Gasteiger partial charge in [-0.25, -0.2) is 0 Å². The molecule has 3 aliphatic carbocycles. The van der Waals surface area contributed by atoms with Crippen LogP contribution in [0.4, 0.5) is 0 Å². The fraction of sp³-hybridized carbons (Fsp3) is 0.226. The van der Waals surface area contributed by atoms with Crippen LogP contribution in [0.3, 0.4) is 0 Å². The molecule has 5 aliphatic rings. The van der Waals surface area contributed by atoms with Crippen molar-refractivity contribution in [2.75, 3.05) is 0 Å². The minimum absolute atomic E-state index is 0.0237. The summed E-state index contributed by atoms with van der Waals surface area (Å²) in [6.07, 6.45) is 9.37. The van der Waals surface area contributed by atoms with Crippen LogP contribution < -0.4 is 0 Å². The Morgan fingerprint density at radius 2 is 0.817 bits per heavy atom. The number of benzene rings is 8. The maximum atomic E-state index is 15.0. The van der Waals surface area contributed by atoms with Crippen molar-refractivity contribution < 1.29 is 24.0 Å². The normalized spacial score (nSPS) is 18.3. The maximum Gasteiger partial charge on any atom is 0.261 e. The van der Waals surface area contributed by atoms with Crippen LogP contribution in [0.25, 0.3) is 76.1 Å². The summed E-state index contributed by atoms with van der Waals surface area (Å²) in [5.74, 6) is -1.03. The van der Waals surface area contributed by atoms with Crippen molar-refractivity contribution in [1.29, 1.82) is 0 Å². The molecule has 290 valence electrons. The molecule has 0 radical (unpaired) electrons. The number of amides is 4. The summed E-state index contributed by atoms with van der Waals surface area (Å²) in [6.45, 7) is 0. The molecule has 0 aromatic heterocycles. The van der Waals surface area contributed by atoms with E-state index in [1.165, 1.54) is 9.80 Å². The third-order valence-electron chi connectivity index (χ3n) is 14.7. The Morgan fingerprint density at radius 1 is 0.317 bits per heavy atom. The number of imide groups is 2. The summed E-state index contributed by atoms with van der Waals surface area (Å²) in [7, 11) is 0. The number of hydrogen-bond acceptors (Lipinski definition) is 5. The van der Waals surface area contributed by atoms with Gasteiger partial charge >= 0.3 is 0 Å². The summed E-state index contributed by atoms with van der Waals surface area (Å²) in [6, 6.07) is 31.2. The average molecular weight is 783 g/mol. The standard InChI is InChI=1S/C53H38N2O5/c56-49-35-15-8-7-14-29(35)32-19-18-30(31-16-9-17-37(49)43(31)32)41-26-42-47-40(52(59)55(53(42)60)28-12-5-2-6-13-28)24-21-34-33-20-23-38-46-39(25-22-36(44(33)46)45(41)48(34)47)51(58)54(50(38)57)27-10-3-1-4-11-27/h7-9,14-28H,1-6,10-13H2. The highest BCUT2D eigenvalue weighted by molar-refractivity contribution is 6.43. The number of carbonyl (C=O) groups is 5. The molecule has 60 heavy (non-hydrogen) atoms. The van der Waals surface area contributed by atoms with E-state index in [9.17, 15) is 19.2 Å². The number of rotatable bonds is 3. The highest BCUT2D eigenvalue weighted by Crippen LogP contribution is 2.52. The van der Waals surface area contributed by atoms with Gasteiger partial charge in [-0.2, -0.15) is 0 Å². The summed E-state index contributed by atoms with van der Waals surface area (Å²) in [5.41, 5.74) is 6.91. The SMILES string of the molecule is O=C1c2ccccc2-c2ccc(-c3cc4c5c(ccc6c7ccc8c9c(ccc(c3c56)c97)C(=O)N(C3CCCCC3)C8=O)C(=O)N(C3CCCCC3)C4=O)c3cccc1c23. The molecule has 2 aliphatic heterocycles. The van der Waals surface area contributed by atoms with E-state index in [-0.39, 0.29) is 41.5 Å². The highest BCUT2D eigenvalue weighted by atomic mass is 16.2. The molecule has 2 saturated carbocycles. The van der Waals surface area contributed by atoms with Crippen LogP contribution >= 0.6 is 0 Å². The van der Waals surface area contributed by atoms with Gasteiger partial charge in [0.1, 0.15) is 0 Å². The topological polar surface area (TPSA) is 91.8 Å². The third kappa shape index (κ3) is 4.27. The monoisotopic (exact) mass is 782 g/mol. The van der Waals surface area contributed by atoms with Gasteiger partial charge < -0.3 is 0 Å². The first-order chi connectivity index (χ1) is 29.4. The lowest BCUT2D eigenvalue weighted by atomic mass is 9.77. The molecule has 0 N–H and O–H groups in total. The van der Waals surface area contributed by atoms with Gasteiger partial charge in [-0.15, -0.1) is 0 Å². The van der Waals surface area contributed by atoms with Crippen LogP contribution in [0.1, 0.15) is 122 Å². The molecule has 0 saturated heterocycles. The average Bonchev–Trinajstić information content (AvgIpc) is 3.29. The number of fused-ring (bicyclic) bond motifs is 4. The molecule has 0 atom stereocenters. The first-order valence-corrected chi connectivity index (χ1v) is 21.6. The summed E-state index contributed by atoms with van der Waals surface area (Å²) in [5, 5.41) is 8.14. The third-order valence-corrected chi connectivity index (χ3v) is 14.7. The molecule has 0 unspecified atom stereocenters. The maximum absolute atomic E-state index is 15.0. The second-order valence-electron chi connectivity index (χ2n) is 17.6. The fourth-order valence-electron chi connectivity index (χ4n) is 12.1. The minimum Gasteiger partial charge on any atom is -0.289 e. The van der Waals surface area contributed by atoms with E-state index in [2.05, 4.69) is 18.2 Å². The smallest absolute Gasteiger partial charge is 0.261 e.